The molecule has 204 valence electrons. The maximum absolute atomic E-state index is 13.1. The fourth-order valence-corrected chi connectivity index (χ4v) is 3.96. The van der Waals surface area contributed by atoms with Gasteiger partial charge in [-0.05, 0) is 87.5 Å². The molecule has 0 saturated heterocycles. The van der Waals surface area contributed by atoms with Crippen LogP contribution in [-0.4, -0.2) is 27.5 Å². The van der Waals surface area contributed by atoms with E-state index >= 15 is 0 Å². The van der Waals surface area contributed by atoms with Gasteiger partial charge in [0.2, 0.25) is 0 Å². The molecule has 39 heavy (non-hydrogen) atoms. The highest BCUT2D eigenvalue weighted by atomic mass is 35.5. The van der Waals surface area contributed by atoms with Gasteiger partial charge in [0, 0.05) is 28.6 Å². The molecule has 3 amide bonds. The van der Waals surface area contributed by atoms with E-state index in [0.29, 0.717) is 17.4 Å². The van der Waals surface area contributed by atoms with E-state index in [4.69, 9.17) is 16.3 Å². The van der Waals surface area contributed by atoms with Crippen molar-refractivity contribution in [2.24, 2.45) is 0 Å². The van der Waals surface area contributed by atoms with Crippen molar-refractivity contribution < 1.29 is 32.7 Å². The lowest BCUT2D eigenvalue weighted by Crippen LogP contribution is -2.31. The average Bonchev–Trinajstić information content (AvgIpc) is 3.26. The third-order valence-corrected chi connectivity index (χ3v) is 5.75. The molecule has 0 aliphatic heterocycles. The van der Waals surface area contributed by atoms with Crippen LogP contribution in [0, 0.1) is 0 Å². The van der Waals surface area contributed by atoms with E-state index in [1.54, 1.807) is 45.0 Å². The Kier molecular flexibility index (Phi) is 7.49. The number of fused-ring (bicyclic) bond motifs is 1. The highest BCUT2D eigenvalue weighted by molar-refractivity contribution is 6.31. The van der Waals surface area contributed by atoms with Gasteiger partial charge in [0.15, 0.2) is 0 Å². The van der Waals surface area contributed by atoms with Gasteiger partial charge < -0.3 is 14.6 Å². The van der Waals surface area contributed by atoms with Crippen LogP contribution in [0.4, 0.5) is 39.8 Å². The highest BCUT2D eigenvalue weighted by Gasteiger charge is 2.33. The molecule has 0 radical (unpaired) electrons. The highest BCUT2D eigenvalue weighted by Crippen LogP contribution is 2.36. The second-order valence-electron chi connectivity index (χ2n) is 9.54. The monoisotopic (exact) mass is 560 g/mol. The second kappa shape index (κ2) is 10.5. The van der Waals surface area contributed by atoms with Gasteiger partial charge in [-0.15, -0.1) is 0 Å². The largest absolute Gasteiger partial charge is 0.444 e. The first kappa shape index (κ1) is 27.8. The van der Waals surface area contributed by atoms with Gasteiger partial charge in [0.1, 0.15) is 5.60 Å². The molecule has 3 aromatic carbocycles. The lowest BCUT2D eigenvalue weighted by atomic mass is 10.2. The summed E-state index contributed by atoms with van der Waals surface area (Å²) in [5.74, 6) is 0. The summed E-state index contributed by atoms with van der Waals surface area (Å²) in [6.45, 7) is 5.32. The summed E-state index contributed by atoms with van der Waals surface area (Å²) in [6.07, 6.45) is -3.45. The Balaban J connectivity index is 1.47. The van der Waals surface area contributed by atoms with E-state index in [-0.39, 0.29) is 16.4 Å². The van der Waals surface area contributed by atoms with Crippen molar-refractivity contribution in [3.05, 3.63) is 83.5 Å². The van der Waals surface area contributed by atoms with Crippen molar-refractivity contribution >= 4 is 51.7 Å². The van der Waals surface area contributed by atoms with Crippen LogP contribution in [0.5, 0.6) is 0 Å². The van der Waals surface area contributed by atoms with Crippen LogP contribution in [0.15, 0.2) is 72.9 Å². The molecule has 0 bridgehead atoms. The predicted octanol–water partition coefficient (Wildman–Crippen LogP) is 8.08. The van der Waals surface area contributed by atoms with Crippen molar-refractivity contribution in [3.63, 3.8) is 0 Å². The Morgan fingerprint density at radius 3 is 2.21 bits per heavy atom. The molecule has 0 atom stereocenters. The number of amides is 3. The van der Waals surface area contributed by atoms with E-state index in [9.17, 15) is 28.0 Å². The Bertz CT molecular complexity index is 1530. The van der Waals surface area contributed by atoms with Crippen LogP contribution in [0.3, 0.4) is 0 Å². The average molecular weight is 561 g/mol. The fourth-order valence-electron chi connectivity index (χ4n) is 3.74. The van der Waals surface area contributed by atoms with E-state index < -0.39 is 34.5 Å². The summed E-state index contributed by atoms with van der Waals surface area (Å²) in [6, 6.07) is 15.3. The smallest absolute Gasteiger partial charge is 0.417 e. The van der Waals surface area contributed by atoms with Crippen molar-refractivity contribution in [2.45, 2.75) is 32.5 Å². The van der Waals surface area contributed by atoms with Gasteiger partial charge >= 0.3 is 18.3 Å². The van der Waals surface area contributed by atoms with E-state index in [2.05, 4.69) is 10.6 Å². The van der Waals surface area contributed by atoms with Crippen molar-refractivity contribution in [2.75, 3.05) is 15.7 Å². The first-order valence-electron chi connectivity index (χ1n) is 11.6. The lowest BCUT2D eigenvalue weighted by Gasteiger charge is -2.19. The zero-order valence-electron chi connectivity index (χ0n) is 21.0. The number of rotatable bonds is 4. The molecule has 0 aliphatic rings. The van der Waals surface area contributed by atoms with Gasteiger partial charge in [-0.1, -0.05) is 11.6 Å². The van der Waals surface area contributed by atoms with E-state index in [0.717, 1.165) is 17.0 Å². The predicted molar refractivity (Wildman–Crippen MR) is 143 cm³/mol. The van der Waals surface area contributed by atoms with Crippen molar-refractivity contribution in [3.8, 4) is 5.69 Å². The number of carbonyl (C=O) groups excluding carboxylic acids is 2. The van der Waals surface area contributed by atoms with Crippen molar-refractivity contribution in [1.29, 1.82) is 0 Å². The van der Waals surface area contributed by atoms with Gasteiger partial charge in [-0.3, -0.25) is 10.5 Å². The molecular formula is C27H24ClF3N4O4. The molecule has 0 unspecified atom stereocenters. The zero-order valence-corrected chi connectivity index (χ0v) is 21.8. The Morgan fingerprint density at radius 1 is 0.923 bits per heavy atom. The van der Waals surface area contributed by atoms with Gasteiger partial charge in [-0.25, -0.2) is 9.59 Å². The SMILES string of the molecule is CC(C)(C)OC(=O)Nc1ccc2c(ccn2-c2ccc(N(O)C(=O)Nc3ccc(Cl)c(C(F)(F)F)c3)cc2)c1. The number of carbonyl (C=O) groups is 2. The lowest BCUT2D eigenvalue weighted by molar-refractivity contribution is -0.137. The Hall–Kier alpha value is -4.22. The minimum Gasteiger partial charge on any atom is -0.444 e. The molecule has 12 heteroatoms. The summed E-state index contributed by atoms with van der Waals surface area (Å²) in [5, 5.41) is 15.9. The molecule has 4 rings (SSSR count). The molecular weight excluding hydrogens is 537 g/mol. The standard InChI is InChI=1S/C27H24ClF3N4O4/c1-26(2,3)39-25(37)33-17-5-11-23-16(14-17)12-13-34(23)19-6-8-20(9-7-19)35(38)24(36)32-18-4-10-22(28)21(15-18)27(29,30)31/h4-15,38H,1-3H3,(H,32,36)(H,33,37). The van der Waals surface area contributed by atoms with Crippen LogP contribution >= 0.6 is 11.6 Å². The summed E-state index contributed by atoms with van der Waals surface area (Å²) < 4.78 is 46.4. The number of aromatic nitrogens is 1. The number of nitrogens with zero attached hydrogens (tertiary/aromatic N) is 2. The van der Waals surface area contributed by atoms with Gasteiger partial charge in [0.05, 0.1) is 21.8 Å². The molecule has 1 heterocycles. The number of nitrogens with one attached hydrogen (secondary N) is 2. The molecule has 4 aromatic rings. The number of hydroxylamine groups is 1. The summed E-state index contributed by atoms with van der Waals surface area (Å²) in [4.78, 5) is 24.5. The maximum atomic E-state index is 13.1. The Morgan fingerprint density at radius 2 is 1.56 bits per heavy atom. The fraction of sp³-hybridized carbons (Fsp3) is 0.185. The number of ether oxygens (including phenoxy) is 1. The molecule has 0 spiro atoms. The molecule has 3 N–H and O–H groups in total. The quantitative estimate of drug-likeness (QED) is 0.174. The minimum atomic E-state index is -4.70. The summed E-state index contributed by atoms with van der Waals surface area (Å²) in [5.41, 5.74) is 0.272. The normalized spacial score (nSPS) is 11.8. The number of benzene rings is 3. The van der Waals surface area contributed by atoms with Crippen LogP contribution in [0.25, 0.3) is 16.6 Å². The number of alkyl halides is 3. The van der Waals surface area contributed by atoms with Crippen LogP contribution in [0.2, 0.25) is 5.02 Å². The number of urea groups is 1. The van der Waals surface area contributed by atoms with Gasteiger partial charge in [-0.2, -0.15) is 18.2 Å². The molecule has 0 saturated carbocycles. The Labute approximate surface area is 226 Å². The van der Waals surface area contributed by atoms with Crippen LogP contribution < -0.4 is 15.7 Å². The zero-order chi connectivity index (χ0) is 28.5. The maximum Gasteiger partial charge on any atom is 0.417 e. The number of anilines is 3. The molecule has 8 nitrogen and oxygen atoms in total. The number of hydrogen-bond donors (Lipinski definition) is 3. The third-order valence-electron chi connectivity index (χ3n) is 5.42. The van der Waals surface area contributed by atoms with Gasteiger partial charge in [0.25, 0.3) is 0 Å². The first-order chi connectivity index (χ1) is 18.2. The summed E-state index contributed by atoms with van der Waals surface area (Å²) in [7, 11) is 0. The number of halogens is 4. The second-order valence-corrected chi connectivity index (χ2v) is 9.94. The van der Waals surface area contributed by atoms with Crippen molar-refractivity contribution in [1.82, 2.24) is 4.57 Å². The van der Waals surface area contributed by atoms with Crippen LogP contribution in [0.1, 0.15) is 26.3 Å². The van der Waals surface area contributed by atoms with E-state index in [1.165, 1.54) is 18.2 Å². The van der Waals surface area contributed by atoms with E-state index in [1.807, 2.05) is 22.9 Å². The first-order valence-corrected chi connectivity index (χ1v) is 12.0. The third kappa shape index (κ3) is 6.62. The topological polar surface area (TPSA) is 95.8 Å². The number of hydrogen-bond acceptors (Lipinski definition) is 4. The molecule has 1 aromatic heterocycles. The molecule has 0 fully saturated rings. The van der Waals surface area contributed by atoms with Crippen LogP contribution in [-0.2, 0) is 10.9 Å². The molecule has 0 aliphatic carbocycles. The summed E-state index contributed by atoms with van der Waals surface area (Å²) >= 11 is 5.60. The minimum absolute atomic E-state index is 0.0848.